The normalized spacial score (nSPS) is 11.4. The van der Waals surface area contributed by atoms with Crippen LogP contribution in [0.1, 0.15) is 23.7 Å². The van der Waals surface area contributed by atoms with Crippen LogP contribution in [0.5, 0.6) is 5.75 Å². The van der Waals surface area contributed by atoms with Crippen LogP contribution in [0, 0.1) is 13.8 Å². The number of fused-ring (bicyclic) bond motifs is 2. The molecule has 4 rings (SSSR count). The molecule has 7 nitrogen and oxygen atoms in total. The summed E-state index contributed by atoms with van der Waals surface area (Å²) in [5.41, 5.74) is 3.03. The Kier molecular flexibility index (Phi) is 4.30. The molecule has 0 aliphatic rings. The van der Waals surface area contributed by atoms with Crippen LogP contribution < -0.4 is 15.9 Å². The highest BCUT2D eigenvalue weighted by Crippen LogP contribution is 2.25. The van der Waals surface area contributed by atoms with Crippen molar-refractivity contribution in [2.75, 3.05) is 6.61 Å². The fourth-order valence-electron chi connectivity index (χ4n) is 3.77. The van der Waals surface area contributed by atoms with Gasteiger partial charge in [-0.05, 0) is 50.1 Å². The van der Waals surface area contributed by atoms with Gasteiger partial charge in [-0.2, -0.15) is 5.10 Å². The third-order valence-corrected chi connectivity index (χ3v) is 4.89. The molecule has 0 saturated heterocycles. The number of benzene rings is 1. The van der Waals surface area contributed by atoms with Gasteiger partial charge in [0.2, 0.25) is 0 Å². The maximum atomic E-state index is 12.8. The lowest BCUT2D eigenvalue weighted by atomic mass is 10.1. The van der Waals surface area contributed by atoms with Crippen LogP contribution in [0.2, 0.25) is 0 Å². The first-order valence-electron chi connectivity index (χ1n) is 9.12. The standard InChI is InChI=1S/C21H21N3O4/c1-5-27-15-6-7-17-16(10-15)14(9-19(26)28-17)11-24-18(25)8-12(2)20-13(3)22-23(4)21(20)24/h6-10H,5,11H2,1-4H3. The fourth-order valence-corrected chi connectivity index (χ4v) is 3.77. The Hall–Kier alpha value is -3.35. The molecule has 1 aromatic carbocycles. The van der Waals surface area contributed by atoms with Gasteiger partial charge in [0.15, 0.2) is 0 Å². The van der Waals surface area contributed by atoms with Gasteiger partial charge in [-0.15, -0.1) is 0 Å². The summed E-state index contributed by atoms with van der Waals surface area (Å²) in [6.07, 6.45) is 0. The molecule has 3 heterocycles. The molecule has 0 N–H and O–H groups in total. The van der Waals surface area contributed by atoms with Gasteiger partial charge >= 0.3 is 5.63 Å². The quantitative estimate of drug-likeness (QED) is 0.510. The molecule has 0 radical (unpaired) electrons. The summed E-state index contributed by atoms with van der Waals surface area (Å²) in [5, 5.41) is 6.16. The minimum Gasteiger partial charge on any atom is -0.494 e. The summed E-state index contributed by atoms with van der Waals surface area (Å²) in [7, 11) is 1.81. The lowest BCUT2D eigenvalue weighted by molar-refractivity contribution is 0.340. The van der Waals surface area contributed by atoms with Gasteiger partial charge in [-0.1, -0.05) is 0 Å². The van der Waals surface area contributed by atoms with E-state index < -0.39 is 5.63 Å². The summed E-state index contributed by atoms with van der Waals surface area (Å²) in [4.78, 5) is 24.9. The lowest BCUT2D eigenvalue weighted by Crippen LogP contribution is -2.23. The summed E-state index contributed by atoms with van der Waals surface area (Å²) < 4.78 is 14.3. The summed E-state index contributed by atoms with van der Waals surface area (Å²) in [6, 6.07) is 8.35. The van der Waals surface area contributed by atoms with Crippen molar-refractivity contribution < 1.29 is 9.15 Å². The number of ether oxygens (including phenoxy) is 1. The first-order chi connectivity index (χ1) is 13.4. The van der Waals surface area contributed by atoms with Gasteiger partial charge in [-0.3, -0.25) is 14.0 Å². The number of aromatic nitrogens is 3. The Labute approximate surface area is 160 Å². The topological polar surface area (TPSA) is 79.3 Å². The maximum absolute atomic E-state index is 12.8. The maximum Gasteiger partial charge on any atom is 0.336 e. The van der Waals surface area contributed by atoms with Crippen LogP contribution in [0.4, 0.5) is 0 Å². The van der Waals surface area contributed by atoms with Crippen LogP contribution in [0.15, 0.2) is 44.3 Å². The summed E-state index contributed by atoms with van der Waals surface area (Å²) in [6.45, 7) is 6.49. The second-order valence-electron chi connectivity index (χ2n) is 6.84. The smallest absolute Gasteiger partial charge is 0.336 e. The highest BCUT2D eigenvalue weighted by Gasteiger charge is 2.16. The number of nitrogens with zero attached hydrogens (tertiary/aromatic N) is 3. The molecule has 28 heavy (non-hydrogen) atoms. The predicted molar refractivity (Wildman–Crippen MR) is 107 cm³/mol. The van der Waals surface area contributed by atoms with Crippen molar-refractivity contribution in [2.24, 2.45) is 7.05 Å². The van der Waals surface area contributed by atoms with Crippen LogP contribution in [-0.4, -0.2) is 21.0 Å². The third kappa shape index (κ3) is 2.89. The highest BCUT2D eigenvalue weighted by molar-refractivity contribution is 5.84. The zero-order chi connectivity index (χ0) is 20.0. The van der Waals surface area contributed by atoms with E-state index in [0.717, 1.165) is 27.7 Å². The molecule has 0 atom stereocenters. The largest absolute Gasteiger partial charge is 0.494 e. The number of hydrogen-bond acceptors (Lipinski definition) is 5. The minimum absolute atomic E-state index is 0.143. The lowest BCUT2D eigenvalue weighted by Gasteiger charge is -2.12. The van der Waals surface area contributed by atoms with Gasteiger partial charge in [0.25, 0.3) is 5.56 Å². The van der Waals surface area contributed by atoms with Crippen molar-refractivity contribution in [3.63, 3.8) is 0 Å². The third-order valence-electron chi connectivity index (χ3n) is 4.89. The Morgan fingerprint density at radius 2 is 1.93 bits per heavy atom. The Bertz CT molecular complexity index is 1330. The van der Waals surface area contributed by atoms with Crippen LogP contribution >= 0.6 is 0 Å². The van der Waals surface area contributed by atoms with Crippen molar-refractivity contribution in [1.29, 1.82) is 0 Å². The van der Waals surface area contributed by atoms with Gasteiger partial charge in [0, 0.05) is 30.0 Å². The van der Waals surface area contributed by atoms with Gasteiger partial charge in [-0.25, -0.2) is 4.79 Å². The molecule has 3 aromatic heterocycles. The molecule has 4 aromatic rings. The second-order valence-corrected chi connectivity index (χ2v) is 6.84. The number of aryl methyl sites for hydroxylation is 3. The van der Waals surface area contributed by atoms with Crippen molar-refractivity contribution in [3.05, 3.63) is 67.9 Å². The van der Waals surface area contributed by atoms with E-state index in [1.807, 2.05) is 33.9 Å². The van der Waals surface area contributed by atoms with Crippen LogP contribution in [0.3, 0.4) is 0 Å². The SMILES string of the molecule is CCOc1ccc2oc(=O)cc(Cn3c(=O)cc(C)c4c(C)nn(C)c43)c2c1. The second kappa shape index (κ2) is 6.67. The predicted octanol–water partition coefficient (Wildman–Crippen LogP) is 2.91. The van der Waals surface area contributed by atoms with E-state index in [0.29, 0.717) is 23.5 Å². The summed E-state index contributed by atoms with van der Waals surface area (Å²) >= 11 is 0. The van der Waals surface area contributed by atoms with Gasteiger partial charge in [0.1, 0.15) is 17.0 Å². The van der Waals surface area contributed by atoms with E-state index in [-0.39, 0.29) is 12.1 Å². The number of rotatable bonds is 4. The summed E-state index contributed by atoms with van der Waals surface area (Å²) in [5.74, 6) is 0.683. The van der Waals surface area contributed by atoms with E-state index in [9.17, 15) is 9.59 Å². The molecule has 0 fully saturated rings. The Balaban J connectivity index is 1.97. The first kappa shape index (κ1) is 18.0. The van der Waals surface area contributed by atoms with Gasteiger partial charge in [0.05, 0.1) is 18.8 Å². The Morgan fingerprint density at radius 1 is 1.14 bits per heavy atom. The molecule has 0 amide bonds. The van der Waals surface area contributed by atoms with Gasteiger partial charge < -0.3 is 9.15 Å². The van der Waals surface area contributed by atoms with E-state index in [4.69, 9.17) is 9.15 Å². The molecule has 0 aliphatic carbocycles. The van der Waals surface area contributed by atoms with Crippen molar-refractivity contribution in [2.45, 2.75) is 27.3 Å². The number of hydrogen-bond donors (Lipinski definition) is 0. The fraction of sp³-hybridized carbons (Fsp3) is 0.286. The zero-order valence-electron chi connectivity index (χ0n) is 16.3. The van der Waals surface area contributed by atoms with E-state index in [1.54, 1.807) is 27.4 Å². The first-order valence-corrected chi connectivity index (χ1v) is 9.12. The van der Waals surface area contributed by atoms with Crippen LogP contribution in [-0.2, 0) is 13.6 Å². The molecule has 0 spiro atoms. The molecule has 0 aliphatic heterocycles. The molecule has 0 unspecified atom stereocenters. The zero-order valence-corrected chi connectivity index (χ0v) is 16.3. The number of pyridine rings is 1. The molecular weight excluding hydrogens is 358 g/mol. The minimum atomic E-state index is -0.454. The molecular formula is C21H21N3O4. The van der Waals surface area contributed by atoms with E-state index in [2.05, 4.69) is 5.10 Å². The highest BCUT2D eigenvalue weighted by atomic mass is 16.5. The van der Waals surface area contributed by atoms with Crippen molar-refractivity contribution >= 4 is 22.0 Å². The van der Waals surface area contributed by atoms with Crippen LogP contribution in [0.25, 0.3) is 22.0 Å². The van der Waals surface area contributed by atoms with E-state index >= 15 is 0 Å². The molecule has 144 valence electrons. The van der Waals surface area contributed by atoms with Crippen molar-refractivity contribution in [3.8, 4) is 5.75 Å². The average molecular weight is 379 g/mol. The van der Waals surface area contributed by atoms with Crippen molar-refractivity contribution in [1.82, 2.24) is 14.3 Å². The monoisotopic (exact) mass is 379 g/mol. The average Bonchev–Trinajstić information content (AvgIpc) is 2.93. The molecule has 7 heteroatoms. The van der Waals surface area contributed by atoms with E-state index in [1.165, 1.54) is 6.07 Å². The molecule has 0 saturated carbocycles. The molecule has 0 bridgehead atoms. The Morgan fingerprint density at radius 3 is 2.68 bits per heavy atom.